The Kier molecular flexibility index (Phi) is 3.79. The molecule has 2 rings (SSSR count). The van der Waals surface area contributed by atoms with E-state index in [4.69, 9.17) is 0 Å². The number of Topliss-reactive ketones (excluding diaryl/α,β-unsaturated/α-hetero) is 1. The first kappa shape index (κ1) is 13.1. The van der Waals surface area contributed by atoms with Gasteiger partial charge in [0, 0.05) is 19.3 Å². The van der Waals surface area contributed by atoms with Gasteiger partial charge in [-0.3, -0.25) is 4.79 Å². The normalized spacial score (nSPS) is 10.3. The van der Waals surface area contributed by atoms with Crippen LogP contribution in [0.1, 0.15) is 12.7 Å². The third kappa shape index (κ3) is 3.31. The average Bonchev–Trinajstić information content (AvgIpc) is 2.88. The molecular weight excluding hydrogens is 242 g/mol. The summed E-state index contributed by atoms with van der Waals surface area (Å²) in [6.45, 7) is 3.63. The van der Waals surface area contributed by atoms with Crippen LogP contribution in [0.15, 0.2) is 24.4 Å². The summed E-state index contributed by atoms with van der Waals surface area (Å²) in [6, 6.07) is 5.70. The molecule has 0 saturated heterocycles. The highest BCUT2D eigenvalue weighted by Gasteiger charge is 2.09. The van der Waals surface area contributed by atoms with E-state index < -0.39 is 0 Å². The molecule has 0 aliphatic carbocycles. The van der Waals surface area contributed by atoms with E-state index in [-0.39, 0.29) is 12.3 Å². The zero-order valence-corrected chi connectivity index (χ0v) is 11.3. The molecule has 0 bridgehead atoms. The molecule has 0 atom stereocenters. The minimum absolute atomic E-state index is 0.0653. The van der Waals surface area contributed by atoms with Gasteiger partial charge < -0.3 is 15.2 Å². The number of anilines is 3. The van der Waals surface area contributed by atoms with Crippen LogP contribution in [0, 0.1) is 6.92 Å². The number of hydrogen-bond acceptors (Lipinski definition) is 5. The van der Waals surface area contributed by atoms with Crippen LogP contribution in [0.3, 0.4) is 0 Å². The summed E-state index contributed by atoms with van der Waals surface area (Å²) in [5.74, 6) is 3.07. The minimum atomic E-state index is 0.0653. The summed E-state index contributed by atoms with van der Waals surface area (Å²) >= 11 is 0. The summed E-state index contributed by atoms with van der Waals surface area (Å²) in [5, 5.41) is 2.99. The maximum atomic E-state index is 11.0. The lowest BCUT2D eigenvalue weighted by Gasteiger charge is -2.17. The van der Waals surface area contributed by atoms with E-state index in [0.29, 0.717) is 11.6 Å². The van der Waals surface area contributed by atoms with Crippen LogP contribution in [0.25, 0.3) is 0 Å². The van der Waals surface area contributed by atoms with Gasteiger partial charge in [-0.1, -0.05) is 0 Å². The molecule has 6 nitrogen and oxygen atoms in total. The topological polar surface area (TPSA) is 73.9 Å². The summed E-state index contributed by atoms with van der Waals surface area (Å²) in [7, 11) is 1.92. The Bertz CT molecular complexity index is 564. The van der Waals surface area contributed by atoms with Gasteiger partial charge in [0.15, 0.2) is 0 Å². The zero-order chi connectivity index (χ0) is 13.8. The van der Waals surface area contributed by atoms with E-state index in [1.165, 1.54) is 6.92 Å². The number of rotatable bonds is 5. The number of aromatic amines is 1. The van der Waals surface area contributed by atoms with Crippen LogP contribution >= 0.6 is 0 Å². The predicted octanol–water partition coefficient (Wildman–Crippen LogP) is 1.88. The summed E-state index contributed by atoms with van der Waals surface area (Å²) in [4.78, 5) is 24.7. The highest BCUT2D eigenvalue weighted by Crippen LogP contribution is 2.21. The SMILES string of the molecule is CC(=O)CNc1cc(N(C)c2ccc[nH]2)nc(C)n1. The Morgan fingerprint density at radius 1 is 1.47 bits per heavy atom. The molecular formula is C13H17N5O. The lowest BCUT2D eigenvalue weighted by atomic mass is 10.4. The van der Waals surface area contributed by atoms with Crippen LogP contribution in [-0.4, -0.2) is 34.3 Å². The van der Waals surface area contributed by atoms with Gasteiger partial charge in [-0.25, -0.2) is 9.97 Å². The summed E-state index contributed by atoms with van der Waals surface area (Å²) in [6.07, 6.45) is 1.86. The largest absolute Gasteiger partial charge is 0.363 e. The first-order valence-electron chi connectivity index (χ1n) is 6.02. The fourth-order valence-corrected chi connectivity index (χ4v) is 1.68. The fourth-order valence-electron chi connectivity index (χ4n) is 1.68. The van der Waals surface area contributed by atoms with Gasteiger partial charge >= 0.3 is 0 Å². The Morgan fingerprint density at radius 3 is 2.89 bits per heavy atom. The van der Waals surface area contributed by atoms with E-state index in [0.717, 1.165) is 11.6 Å². The molecule has 0 aliphatic heterocycles. The number of ketones is 1. The summed E-state index contributed by atoms with van der Waals surface area (Å²) < 4.78 is 0. The monoisotopic (exact) mass is 259 g/mol. The molecule has 6 heteroatoms. The average molecular weight is 259 g/mol. The molecule has 0 unspecified atom stereocenters. The lowest BCUT2D eigenvalue weighted by molar-refractivity contribution is -0.115. The van der Waals surface area contributed by atoms with E-state index in [9.17, 15) is 4.79 Å². The molecule has 0 aliphatic rings. The molecule has 2 heterocycles. The minimum Gasteiger partial charge on any atom is -0.363 e. The summed E-state index contributed by atoms with van der Waals surface area (Å²) in [5.41, 5.74) is 0. The highest BCUT2D eigenvalue weighted by atomic mass is 16.1. The third-order valence-electron chi connectivity index (χ3n) is 2.63. The molecule has 100 valence electrons. The number of aryl methyl sites for hydroxylation is 1. The number of nitrogens with one attached hydrogen (secondary N) is 2. The third-order valence-corrected chi connectivity index (χ3v) is 2.63. The zero-order valence-electron chi connectivity index (χ0n) is 11.3. The van der Waals surface area contributed by atoms with Crippen molar-refractivity contribution in [3.63, 3.8) is 0 Å². The van der Waals surface area contributed by atoms with Crippen molar-refractivity contribution in [3.8, 4) is 0 Å². The Hall–Kier alpha value is -2.37. The van der Waals surface area contributed by atoms with E-state index in [1.807, 2.05) is 43.3 Å². The van der Waals surface area contributed by atoms with Crippen molar-refractivity contribution in [1.82, 2.24) is 15.0 Å². The van der Waals surface area contributed by atoms with Crippen molar-refractivity contribution in [2.45, 2.75) is 13.8 Å². The van der Waals surface area contributed by atoms with Crippen molar-refractivity contribution in [2.75, 3.05) is 23.8 Å². The van der Waals surface area contributed by atoms with E-state index >= 15 is 0 Å². The molecule has 0 spiro atoms. The molecule has 0 aromatic carbocycles. The van der Waals surface area contributed by atoms with E-state index in [2.05, 4.69) is 20.3 Å². The number of aromatic nitrogens is 3. The molecule has 19 heavy (non-hydrogen) atoms. The fraction of sp³-hybridized carbons (Fsp3) is 0.308. The molecule has 0 fully saturated rings. The number of nitrogens with zero attached hydrogens (tertiary/aromatic N) is 3. The standard InChI is InChI=1S/C13H17N5O/c1-9(19)8-15-11-7-13(17-10(2)16-11)18(3)12-5-4-6-14-12/h4-7,14H,8H2,1-3H3,(H,15,16,17). The quantitative estimate of drug-likeness (QED) is 0.857. The molecule has 2 N–H and O–H groups in total. The van der Waals surface area contributed by atoms with Gasteiger partial charge in [-0.05, 0) is 26.0 Å². The number of carbonyl (C=O) groups is 1. The number of carbonyl (C=O) groups excluding carboxylic acids is 1. The predicted molar refractivity (Wildman–Crippen MR) is 74.8 cm³/mol. The second kappa shape index (κ2) is 5.51. The highest BCUT2D eigenvalue weighted by molar-refractivity contribution is 5.80. The van der Waals surface area contributed by atoms with Crippen molar-refractivity contribution in [1.29, 1.82) is 0 Å². The second-order valence-corrected chi connectivity index (χ2v) is 4.33. The first-order valence-corrected chi connectivity index (χ1v) is 6.02. The first-order chi connectivity index (χ1) is 9.06. The van der Waals surface area contributed by atoms with Gasteiger partial charge in [-0.2, -0.15) is 0 Å². The maximum Gasteiger partial charge on any atom is 0.148 e. The smallest absolute Gasteiger partial charge is 0.148 e. The van der Waals surface area contributed by atoms with Crippen molar-refractivity contribution >= 4 is 23.2 Å². The van der Waals surface area contributed by atoms with Crippen LogP contribution in [0.2, 0.25) is 0 Å². The second-order valence-electron chi connectivity index (χ2n) is 4.33. The van der Waals surface area contributed by atoms with Crippen LogP contribution < -0.4 is 10.2 Å². The van der Waals surface area contributed by atoms with Crippen LogP contribution in [0.5, 0.6) is 0 Å². The Balaban J connectivity index is 2.23. The van der Waals surface area contributed by atoms with Gasteiger partial charge in [0.1, 0.15) is 29.1 Å². The Labute approximate surface area is 111 Å². The number of H-pyrrole nitrogens is 1. The van der Waals surface area contributed by atoms with Gasteiger partial charge in [0.05, 0.1) is 6.54 Å². The molecule has 2 aromatic heterocycles. The van der Waals surface area contributed by atoms with Crippen LogP contribution in [0.4, 0.5) is 17.5 Å². The lowest BCUT2D eigenvalue weighted by Crippen LogP contribution is -2.15. The van der Waals surface area contributed by atoms with Crippen LogP contribution in [-0.2, 0) is 4.79 Å². The maximum absolute atomic E-state index is 11.0. The Morgan fingerprint density at radius 2 is 2.26 bits per heavy atom. The molecule has 0 radical (unpaired) electrons. The van der Waals surface area contributed by atoms with E-state index in [1.54, 1.807) is 0 Å². The van der Waals surface area contributed by atoms with Crippen molar-refractivity contribution in [2.24, 2.45) is 0 Å². The van der Waals surface area contributed by atoms with Crippen molar-refractivity contribution < 1.29 is 4.79 Å². The van der Waals surface area contributed by atoms with Gasteiger partial charge in [-0.15, -0.1) is 0 Å². The molecule has 0 amide bonds. The molecule has 2 aromatic rings. The van der Waals surface area contributed by atoms with Crippen molar-refractivity contribution in [3.05, 3.63) is 30.2 Å². The molecule has 0 saturated carbocycles. The number of hydrogen-bond donors (Lipinski definition) is 2. The van der Waals surface area contributed by atoms with Gasteiger partial charge in [0.25, 0.3) is 0 Å². The van der Waals surface area contributed by atoms with Gasteiger partial charge in [0.2, 0.25) is 0 Å².